The molecule has 0 saturated carbocycles. The maximum Gasteiger partial charge on any atom is 0.310 e. The van der Waals surface area contributed by atoms with Gasteiger partial charge in [0.05, 0.1) is 0 Å². The van der Waals surface area contributed by atoms with Crippen molar-refractivity contribution in [2.45, 2.75) is 72.6 Å². The van der Waals surface area contributed by atoms with E-state index < -0.39 is 0 Å². The van der Waals surface area contributed by atoms with Gasteiger partial charge in [-0.3, -0.25) is 4.79 Å². The fraction of sp³-hybridized carbons (Fsp3) is 0.812. The van der Waals surface area contributed by atoms with E-state index in [0.29, 0.717) is 17.8 Å². The maximum atomic E-state index is 11.6. The van der Waals surface area contributed by atoms with Gasteiger partial charge in [0.1, 0.15) is 5.76 Å². The van der Waals surface area contributed by atoms with Crippen LogP contribution in [0.5, 0.6) is 0 Å². The first-order valence-electron chi connectivity index (χ1n) is 7.33. The van der Waals surface area contributed by atoms with Gasteiger partial charge in [-0.15, -0.1) is 0 Å². The lowest BCUT2D eigenvalue weighted by Crippen LogP contribution is -2.23. The third-order valence-corrected chi connectivity index (χ3v) is 3.82. The zero-order valence-electron chi connectivity index (χ0n) is 12.4. The summed E-state index contributed by atoms with van der Waals surface area (Å²) in [4.78, 5) is 11.6. The van der Waals surface area contributed by atoms with Crippen molar-refractivity contribution >= 4 is 5.97 Å². The van der Waals surface area contributed by atoms with Gasteiger partial charge >= 0.3 is 5.97 Å². The van der Waals surface area contributed by atoms with Crippen LogP contribution in [0.1, 0.15) is 72.6 Å². The molecule has 0 fully saturated rings. The summed E-state index contributed by atoms with van der Waals surface area (Å²) in [6.07, 6.45) is 8.99. The molecule has 0 N–H and O–H groups in total. The second-order valence-corrected chi connectivity index (χ2v) is 6.44. The van der Waals surface area contributed by atoms with E-state index in [1.807, 2.05) is 0 Å². The van der Waals surface area contributed by atoms with Gasteiger partial charge in [0.25, 0.3) is 0 Å². The highest BCUT2D eigenvalue weighted by molar-refractivity contribution is 5.70. The van der Waals surface area contributed by atoms with Gasteiger partial charge in [-0.25, -0.2) is 0 Å². The number of esters is 1. The molecule has 2 nitrogen and oxygen atoms in total. The molecule has 0 saturated heterocycles. The molecular weight excluding hydrogens is 224 g/mol. The normalized spacial score (nSPS) is 20.4. The number of hydrogen-bond donors (Lipinski definition) is 0. The Hall–Kier alpha value is -0.790. The molecule has 0 aromatic carbocycles. The van der Waals surface area contributed by atoms with Crippen LogP contribution in [0.3, 0.4) is 0 Å². The third kappa shape index (κ3) is 5.24. The molecule has 1 aliphatic rings. The minimum atomic E-state index is -0.0519. The van der Waals surface area contributed by atoms with Gasteiger partial charge in [-0.1, -0.05) is 40.5 Å². The number of carbonyl (C=O) groups is 1. The van der Waals surface area contributed by atoms with E-state index in [1.165, 1.54) is 0 Å². The Morgan fingerprint density at radius 3 is 2.61 bits per heavy atom. The zero-order chi connectivity index (χ0) is 13.6. The topological polar surface area (TPSA) is 26.3 Å². The number of ether oxygens (including phenoxy) is 1. The molecular formula is C16H28O2. The maximum absolute atomic E-state index is 11.6. The highest BCUT2D eigenvalue weighted by Crippen LogP contribution is 2.37. The molecule has 0 radical (unpaired) electrons. The summed E-state index contributed by atoms with van der Waals surface area (Å²) in [6, 6.07) is 0. The van der Waals surface area contributed by atoms with E-state index in [9.17, 15) is 4.79 Å². The largest absolute Gasteiger partial charge is 0.431 e. The fourth-order valence-corrected chi connectivity index (χ4v) is 2.41. The van der Waals surface area contributed by atoms with Crippen LogP contribution in [0.2, 0.25) is 0 Å². The lowest BCUT2D eigenvalue weighted by molar-refractivity contribution is -0.140. The molecule has 0 heterocycles. The molecule has 2 heteroatoms. The average Bonchev–Trinajstić information content (AvgIpc) is 2.29. The van der Waals surface area contributed by atoms with Crippen molar-refractivity contribution in [3.63, 3.8) is 0 Å². The Bertz CT molecular complexity index is 297. The molecule has 1 atom stereocenters. The Balaban J connectivity index is 2.33. The summed E-state index contributed by atoms with van der Waals surface area (Å²) < 4.78 is 5.42. The molecule has 0 aromatic heterocycles. The van der Waals surface area contributed by atoms with Gasteiger partial charge in [0.15, 0.2) is 0 Å². The smallest absolute Gasteiger partial charge is 0.310 e. The molecule has 1 aliphatic carbocycles. The van der Waals surface area contributed by atoms with E-state index in [4.69, 9.17) is 4.74 Å². The molecule has 104 valence electrons. The minimum absolute atomic E-state index is 0.0519. The van der Waals surface area contributed by atoms with Crippen LogP contribution in [0.15, 0.2) is 11.8 Å². The van der Waals surface area contributed by atoms with Gasteiger partial charge in [-0.05, 0) is 36.7 Å². The third-order valence-electron chi connectivity index (χ3n) is 3.82. The number of hydrogen-bond acceptors (Lipinski definition) is 2. The molecule has 1 unspecified atom stereocenters. The first-order valence-corrected chi connectivity index (χ1v) is 7.33. The summed E-state index contributed by atoms with van der Waals surface area (Å²) >= 11 is 0. The Kier molecular flexibility index (Phi) is 5.90. The molecule has 0 bridgehead atoms. The number of rotatable bonds is 5. The van der Waals surface area contributed by atoms with Crippen molar-refractivity contribution in [1.29, 1.82) is 0 Å². The Labute approximate surface area is 112 Å². The van der Waals surface area contributed by atoms with Gasteiger partial charge in [-0.2, -0.15) is 0 Å². The van der Waals surface area contributed by atoms with E-state index in [-0.39, 0.29) is 5.97 Å². The van der Waals surface area contributed by atoms with Crippen LogP contribution in [-0.4, -0.2) is 5.97 Å². The van der Waals surface area contributed by atoms with Crippen molar-refractivity contribution in [2.24, 2.45) is 11.3 Å². The van der Waals surface area contributed by atoms with Crippen LogP contribution in [0.4, 0.5) is 0 Å². The minimum Gasteiger partial charge on any atom is -0.431 e. The van der Waals surface area contributed by atoms with Crippen LogP contribution >= 0.6 is 0 Å². The molecule has 0 spiro atoms. The molecule has 18 heavy (non-hydrogen) atoms. The summed E-state index contributed by atoms with van der Waals surface area (Å²) in [7, 11) is 0. The van der Waals surface area contributed by atoms with Crippen LogP contribution in [0, 0.1) is 11.3 Å². The van der Waals surface area contributed by atoms with Crippen molar-refractivity contribution in [3.8, 4) is 0 Å². The molecule has 0 aliphatic heterocycles. The number of allylic oxidation sites excluding steroid dienone is 2. The second kappa shape index (κ2) is 6.96. The first kappa shape index (κ1) is 15.3. The van der Waals surface area contributed by atoms with E-state index in [0.717, 1.165) is 44.3 Å². The van der Waals surface area contributed by atoms with Crippen LogP contribution < -0.4 is 0 Å². The van der Waals surface area contributed by atoms with Crippen molar-refractivity contribution in [2.75, 3.05) is 0 Å². The summed E-state index contributed by atoms with van der Waals surface area (Å²) in [5.41, 5.74) is 0.354. The average molecular weight is 252 g/mol. The lowest BCUT2D eigenvalue weighted by Gasteiger charge is -2.32. The number of unbranched alkanes of at least 4 members (excludes halogenated alkanes) is 2. The highest BCUT2D eigenvalue weighted by Gasteiger charge is 2.27. The predicted octanol–water partition coefficient (Wildman–Crippen LogP) is 4.84. The van der Waals surface area contributed by atoms with Gasteiger partial charge in [0, 0.05) is 12.8 Å². The van der Waals surface area contributed by atoms with Crippen LogP contribution in [0.25, 0.3) is 0 Å². The summed E-state index contributed by atoms with van der Waals surface area (Å²) in [6.45, 7) is 9.00. The van der Waals surface area contributed by atoms with E-state index >= 15 is 0 Å². The molecule has 1 rings (SSSR count). The van der Waals surface area contributed by atoms with Crippen molar-refractivity contribution in [1.82, 2.24) is 0 Å². The predicted molar refractivity (Wildman–Crippen MR) is 75.1 cm³/mol. The Morgan fingerprint density at radius 1 is 1.39 bits per heavy atom. The monoisotopic (exact) mass is 252 g/mol. The molecule has 0 aromatic rings. The van der Waals surface area contributed by atoms with Gasteiger partial charge < -0.3 is 4.74 Å². The second-order valence-electron chi connectivity index (χ2n) is 6.44. The molecule has 0 amide bonds. The SMILES string of the molecule is CCCCCC(=O)OC1=CCC(C(C)(C)C)CC1. The zero-order valence-corrected chi connectivity index (χ0v) is 12.4. The van der Waals surface area contributed by atoms with E-state index in [1.54, 1.807) is 0 Å². The lowest BCUT2D eigenvalue weighted by atomic mass is 9.74. The standard InChI is InChI=1S/C16H28O2/c1-5-6-7-8-15(17)18-14-11-9-13(10-12-14)16(2,3)4/h11,13H,5-10,12H2,1-4H3. The van der Waals surface area contributed by atoms with Gasteiger partial charge in [0.2, 0.25) is 0 Å². The highest BCUT2D eigenvalue weighted by atomic mass is 16.5. The quantitative estimate of drug-likeness (QED) is 0.517. The van der Waals surface area contributed by atoms with Crippen LogP contribution in [-0.2, 0) is 9.53 Å². The summed E-state index contributed by atoms with van der Waals surface area (Å²) in [5, 5.41) is 0. The van der Waals surface area contributed by atoms with Crippen molar-refractivity contribution in [3.05, 3.63) is 11.8 Å². The Morgan fingerprint density at radius 2 is 2.11 bits per heavy atom. The van der Waals surface area contributed by atoms with Crippen molar-refractivity contribution < 1.29 is 9.53 Å². The summed E-state index contributed by atoms with van der Waals surface area (Å²) in [5.74, 6) is 1.56. The first-order chi connectivity index (χ1) is 8.43. The fourth-order valence-electron chi connectivity index (χ4n) is 2.41. The number of carbonyl (C=O) groups excluding carboxylic acids is 1. The van der Waals surface area contributed by atoms with E-state index in [2.05, 4.69) is 33.8 Å².